The van der Waals surface area contributed by atoms with Crippen molar-refractivity contribution in [2.45, 2.75) is 32.1 Å². The Morgan fingerprint density at radius 1 is 0.571 bits per heavy atom. The number of rotatable bonds is 0. The molecule has 0 N–H and O–H groups in total. The Hall–Kier alpha value is -2.76. The monoisotopic (exact) mass is 470 g/mol. The first-order valence-electron chi connectivity index (χ1n) is 13.4. The maximum atomic E-state index is 12.7. The molecular formula is C29H30N2O4. The van der Waals surface area contributed by atoms with Gasteiger partial charge in [0.05, 0.1) is 35.7 Å². The van der Waals surface area contributed by atoms with Gasteiger partial charge in [0.25, 0.3) is 0 Å². The maximum absolute atomic E-state index is 12.7. The van der Waals surface area contributed by atoms with Gasteiger partial charge in [0.15, 0.2) is 0 Å². The Bertz CT molecular complexity index is 1140. The average molecular weight is 471 g/mol. The molecule has 2 aromatic heterocycles. The smallest absolute Gasteiger partial charge is 0.338 e. The van der Waals surface area contributed by atoms with Gasteiger partial charge in [0.1, 0.15) is 0 Å². The summed E-state index contributed by atoms with van der Waals surface area (Å²) in [5, 5.41) is 0. The highest BCUT2D eigenvalue weighted by atomic mass is 16.5. The van der Waals surface area contributed by atoms with E-state index in [1.165, 1.54) is 32.1 Å². The zero-order valence-electron chi connectivity index (χ0n) is 19.7. The summed E-state index contributed by atoms with van der Waals surface area (Å²) < 4.78 is 11.4. The van der Waals surface area contributed by atoms with Crippen LogP contribution in [0.4, 0.5) is 0 Å². The van der Waals surface area contributed by atoms with E-state index in [2.05, 4.69) is 9.97 Å². The quantitative estimate of drug-likeness (QED) is 0.522. The van der Waals surface area contributed by atoms with E-state index in [1.54, 1.807) is 36.7 Å². The number of hydrogen-bond donors (Lipinski definition) is 0. The first-order chi connectivity index (χ1) is 17.1. The molecule has 2 aromatic rings. The number of esters is 2. The van der Waals surface area contributed by atoms with Crippen LogP contribution < -0.4 is 0 Å². The summed E-state index contributed by atoms with van der Waals surface area (Å²) >= 11 is 0. The van der Waals surface area contributed by atoms with Gasteiger partial charge in [-0.1, -0.05) is 0 Å². The van der Waals surface area contributed by atoms with Gasteiger partial charge in [-0.2, -0.15) is 0 Å². The van der Waals surface area contributed by atoms with Gasteiger partial charge in [0, 0.05) is 12.4 Å². The van der Waals surface area contributed by atoms with Crippen molar-refractivity contribution in [2.24, 2.45) is 59.2 Å². The number of ether oxygens (including phenoxy) is 2. The predicted molar refractivity (Wildman–Crippen MR) is 126 cm³/mol. The highest BCUT2D eigenvalue weighted by Crippen LogP contribution is 2.72. The van der Waals surface area contributed by atoms with Crippen molar-refractivity contribution in [3.63, 3.8) is 0 Å². The summed E-state index contributed by atoms with van der Waals surface area (Å²) in [7, 11) is 0. The number of carbonyl (C=O) groups is 2. The summed E-state index contributed by atoms with van der Waals surface area (Å²) in [5.74, 6) is 7.53. The molecule has 6 heteroatoms. The lowest BCUT2D eigenvalue weighted by Crippen LogP contribution is -2.10. The zero-order chi connectivity index (χ0) is 23.3. The molecule has 180 valence electrons. The van der Waals surface area contributed by atoms with Gasteiger partial charge in [-0.3, -0.25) is 9.97 Å². The van der Waals surface area contributed by atoms with E-state index in [0.29, 0.717) is 47.6 Å². The fourth-order valence-electron chi connectivity index (χ4n) is 7.56. The molecule has 8 rings (SSSR count). The van der Waals surface area contributed by atoms with E-state index in [-0.39, 0.29) is 11.9 Å². The summed E-state index contributed by atoms with van der Waals surface area (Å²) in [5.41, 5.74) is 2.02. The van der Waals surface area contributed by atoms with E-state index in [0.717, 1.165) is 47.3 Å². The first kappa shape index (κ1) is 20.4. The second kappa shape index (κ2) is 7.37. The second-order valence-corrected chi connectivity index (χ2v) is 12.1. The Labute approximate surface area is 204 Å². The number of hydrogen-bond acceptors (Lipinski definition) is 6. The molecule has 6 aliphatic rings. The van der Waals surface area contributed by atoms with Gasteiger partial charge in [-0.05, 0) is 116 Å². The van der Waals surface area contributed by atoms with Crippen LogP contribution in [0.15, 0.2) is 36.7 Å². The van der Waals surface area contributed by atoms with Gasteiger partial charge in [0.2, 0.25) is 0 Å². The molecule has 10 atom stereocenters. The average Bonchev–Trinajstić information content (AvgIpc) is 3.69. The van der Waals surface area contributed by atoms with E-state index in [1.807, 2.05) is 0 Å². The van der Waals surface area contributed by atoms with E-state index < -0.39 is 0 Å². The molecule has 6 nitrogen and oxygen atoms in total. The number of carbonyl (C=O) groups excluding carboxylic acids is 2. The first-order valence-corrected chi connectivity index (χ1v) is 13.4. The van der Waals surface area contributed by atoms with Crippen molar-refractivity contribution in [3.05, 3.63) is 47.8 Å². The van der Waals surface area contributed by atoms with E-state index >= 15 is 0 Å². The summed E-state index contributed by atoms with van der Waals surface area (Å²) in [6, 6.07) is 6.74. The van der Waals surface area contributed by atoms with Crippen LogP contribution in [0.2, 0.25) is 0 Å². The normalized spacial score (nSPS) is 42.6. The number of pyridine rings is 2. The second-order valence-electron chi connectivity index (χ2n) is 12.1. The molecule has 0 saturated heterocycles. The van der Waals surface area contributed by atoms with Crippen LogP contribution in [0.5, 0.6) is 0 Å². The largest absolute Gasteiger partial charge is 0.462 e. The van der Waals surface area contributed by atoms with Crippen molar-refractivity contribution in [1.82, 2.24) is 9.97 Å². The van der Waals surface area contributed by atoms with Gasteiger partial charge < -0.3 is 9.47 Å². The minimum absolute atomic E-state index is 0.314. The number of aromatic nitrogens is 2. The van der Waals surface area contributed by atoms with Gasteiger partial charge in [-0.25, -0.2) is 9.59 Å². The minimum Gasteiger partial charge on any atom is -0.462 e. The van der Waals surface area contributed by atoms with Crippen molar-refractivity contribution < 1.29 is 19.1 Å². The van der Waals surface area contributed by atoms with Crippen LogP contribution in [0, 0.1) is 59.2 Å². The van der Waals surface area contributed by atoms with Gasteiger partial charge in [-0.15, -0.1) is 0 Å². The number of cyclic esters (lactones) is 2. The summed E-state index contributed by atoms with van der Waals surface area (Å²) in [4.78, 5) is 34.2. The Morgan fingerprint density at radius 3 is 1.40 bits per heavy atom. The molecule has 1 aliphatic heterocycles. The lowest BCUT2D eigenvalue weighted by molar-refractivity contribution is 0.0469. The minimum atomic E-state index is -0.314. The topological polar surface area (TPSA) is 78.4 Å². The third-order valence-electron chi connectivity index (χ3n) is 9.94. The van der Waals surface area contributed by atoms with Gasteiger partial charge >= 0.3 is 11.9 Å². The molecule has 0 unspecified atom stereocenters. The third kappa shape index (κ3) is 3.68. The Kier molecular flexibility index (Phi) is 4.31. The molecule has 5 fully saturated rings. The Morgan fingerprint density at radius 2 is 0.971 bits per heavy atom. The standard InChI is InChI=1S/C29H30N2O4/c32-28-14-1-3-30-26(7-14)27-8-15(2-4-31-27)29(33)35-13-17-6-19(17)21-10-23(21)25-11-24(25)22-9-20(22)18-5-16(18)12-34-28/h1-4,7-8,16-25H,5-6,9-13H2/t16-,17-,18+,19+,20-,21-,22+,23+,24-,25-/m0/s1. The number of nitrogens with zero attached hydrogens (tertiary/aromatic N) is 2. The summed E-state index contributed by atoms with van der Waals surface area (Å²) in [6.45, 7) is 1.04. The van der Waals surface area contributed by atoms with Crippen LogP contribution in [-0.4, -0.2) is 35.1 Å². The van der Waals surface area contributed by atoms with Crippen LogP contribution in [0.1, 0.15) is 52.8 Å². The van der Waals surface area contributed by atoms with Crippen molar-refractivity contribution in [2.75, 3.05) is 13.2 Å². The van der Waals surface area contributed by atoms with Crippen molar-refractivity contribution in [1.29, 1.82) is 0 Å². The molecule has 0 aromatic carbocycles. The fourth-order valence-corrected chi connectivity index (χ4v) is 7.56. The van der Waals surface area contributed by atoms with Crippen LogP contribution in [-0.2, 0) is 9.47 Å². The van der Waals surface area contributed by atoms with Crippen molar-refractivity contribution >= 4 is 11.9 Å². The molecule has 0 amide bonds. The lowest BCUT2D eigenvalue weighted by atomic mass is 10.1. The highest BCUT2D eigenvalue weighted by molar-refractivity contribution is 5.92. The fraction of sp³-hybridized carbons (Fsp3) is 0.586. The van der Waals surface area contributed by atoms with E-state index in [4.69, 9.17) is 9.47 Å². The molecule has 3 heterocycles. The zero-order valence-corrected chi connectivity index (χ0v) is 19.7. The Balaban J connectivity index is 1.03. The molecule has 35 heavy (non-hydrogen) atoms. The van der Waals surface area contributed by atoms with Crippen LogP contribution in [0.25, 0.3) is 11.4 Å². The highest BCUT2D eigenvalue weighted by Gasteiger charge is 2.66. The maximum Gasteiger partial charge on any atom is 0.338 e. The van der Waals surface area contributed by atoms with Crippen LogP contribution >= 0.6 is 0 Å². The molecular weight excluding hydrogens is 440 g/mol. The molecule has 0 spiro atoms. The van der Waals surface area contributed by atoms with Crippen LogP contribution in [0.3, 0.4) is 0 Å². The third-order valence-corrected chi connectivity index (χ3v) is 9.94. The van der Waals surface area contributed by atoms with Crippen molar-refractivity contribution in [3.8, 4) is 11.4 Å². The predicted octanol–water partition coefficient (Wildman–Crippen LogP) is 4.65. The lowest BCUT2D eigenvalue weighted by Gasteiger charge is -2.08. The number of fused-ring (bicyclic) bond motifs is 14. The molecule has 5 aliphatic carbocycles. The molecule has 0 radical (unpaired) electrons. The molecule has 4 bridgehead atoms. The van der Waals surface area contributed by atoms with E-state index in [9.17, 15) is 9.59 Å². The molecule has 5 saturated carbocycles. The SMILES string of the molecule is O=C1OC[C@@H]2C[C@H]2[C@@H]2C[C@H]2[C@@H]2C[C@H]2[C@@H]2C[C@H]2[C@@H]2C[C@H]2COC(=O)c2ccnc(c2)-c2cc1ccn2. The summed E-state index contributed by atoms with van der Waals surface area (Å²) in [6.07, 6.45) is 9.86.